The van der Waals surface area contributed by atoms with Gasteiger partial charge in [0.25, 0.3) is 0 Å². The highest BCUT2D eigenvalue weighted by Crippen LogP contribution is 2.39. The Balaban J connectivity index is 1.36. The van der Waals surface area contributed by atoms with Crippen LogP contribution in [0.4, 0.5) is 0 Å². The number of pyridine rings is 1. The van der Waals surface area contributed by atoms with Crippen LogP contribution in [-0.2, 0) is 10.2 Å². The monoisotopic (exact) mass is 528 g/mol. The van der Waals surface area contributed by atoms with Crippen LogP contribution in [0.1, 0.15) is 94.9 Å². The summed E-state index contributed by atoms with van der Waals surface area (Å²) in [6.07, 6.45) is 5.49. The van der Waals surface area contributed by atoms with Gasteiger partial charge in [0, 0.05) is 11.3 Å². The molecule has 1 aliphatic carbocycles. The van der Waals surface area contributed by atoms with Crippen LogP contribution < -0.4 is 10.5 Å². The van der Waals surface area contributed by atoms with E-state index >= 15 is 0 Å². The Kier molecular flexibility index (Phi) is 7.23. The quantitative estimate of drug-likeness (QED) is 0.324. The van der Waals surface area contributed by atoms with E-state index in [1.165, 1.54) is 5.56 Å². The van der Waals surface area contributed by atoms with Crippen molar-refractivity contribution in [3.8, 4) is 11.4 Å². The number of aryl methyl sites for hydroxylation is 1. The number of hydrogen-bond donors (Lipinski definition) is 1. The fraction of sp³-hybridized carbons (Fsp3) is 0.484. The van der Waals surface area contributed by atoms with Crippen molar-refractivity contribution in [2.24, 2.45) is 11.7 Å². The molecule has 0 aliphatic heterocycles. The summed E-state index contributed by atoms with van der Waals surface area (Å²) >= 11 is 0. The maximum Gasteiger partial charge on any atom is 0.226 e. The van der Waals surface area contributed by atoms with Gasteiger partial charge in [0.1, 0.15) is 11.6 Å². The Bertz CT molecular complexity index is 1450. The summed E-state index contributed by atoms with van der Waals surface area (Å²) in [6.45, 7) is 12.7. The van der Waals surface area contributed by atoms with Crippen LogP contribution in [0.25, 0.3) is 11.3 Å². The second-order valence-corrected chi connectivity index (χ2v) is 12.3. The smallest absolute Gasteiger partial charge is 0.226 e. The van der Waals surface area contributed by atoms with Crippen molar-refractivity contribution in [2.75, 3.05) is 0 Å². The summed E-state index contributed by atoms with van der Waals surface area (Å²) in [5.41, 5.74) is 10.7. The Morgan fingerprint density at radius 3 is 2.33 bits per heavy atom. The number of nitrogens with two attached hydrogens (primary N) is 1. The van der Waals surface area contributed by atoms with Gasteiger partial charge < -0.3 is 10.5 Å². The van der Waals surface area contributed by atoms with Crippen LogP contribution in [0.3, 0.4) is 0 Å². The fourth-order valence-electron chi connectivity index (χ4n) is 5.58. The number of aromatic nitrogens is 5. The van der Waals surface area contributed by atoms with Gasteiger partial charge in [-0.15, -0.1) is 10.2 Å². The molecule has 3 heterocycles. The predicted octanol–water partition coefficient (Wildman–Crippen LogP) is 5.85. The summed E-state index contributed by atoms with van der Waals surface area (Å²) in [5.74, 6) is 1.41. The van der Waals surface area contributed by atoms with E-state index in [0.29, 0.717) is 0 Å². The summed E-state index contributed by atoms with van der Waals surface area (Å²) in [7, 11) is 0. The van der Waals surface area contributed by atoms with E-state index in [-0.39, 0.29) is 29.3 Å². The molecule has 1 aliphatic rings. The number of amides is 1. The summed E-state index contributed by atoms with van der Waals surface area (Å²) in [6, 6.07) is 14.2. The number of ether oxygens (including phenoxy) is 1. The molecular formula is C31H40N6O2. The predicted molar refractivity (Wildman–Crippen MR) is 152 cm³/mol. The second kappa shape index (κ2) is 10.5. The van der Waals surface area contributed by atoms with Crippen molar-refractivity contribution in [3.05, 3.63) is 71.4 Å². The third-order valence-electron chi connectivity index (χ3n) is 7.82. The number of hydrogen-bond acceptors (Lipinski definition) is 5. The Morgan fingerprint density at radius 1 is 1.03 bits per heavy atom. The summed E-state index contributed by atoms with van der Waals surface area (Å²) in [4.78, 5) is 13.0. The molecule has 0 spiro atoms. The molecule has 39 heavy (non-hydrogen) atoms. The first kappa shape index (κ1) is 26.9. The first-order valence-electron chi connectivity index (χ1n) is 14.0. The lowest BCUT2D eigenvalue weighted by molar-refractivity contribution is -0.121. The first-order valence-corrected chi connectivity index (χ1v) is 14.0. The molecular weight excluding hydrogens is 488 g/mol. The average Bonchev–Trinajstić information content (AvgIpc) is 3.50. The fourth-order valence-corrected chi connectivity index (χ4v) is 5.58. The number of nitrogens with zero attached hydrogens (tertiary/aromatic N) is 5. The van der Waals surface area contributed by atoms with E-state index < -0.39 is 5.92 Å². The van der Waals surface area contributed by atoms with Gasteiger partial charge in [-0.05, 0) is 68.9 Å². The highest BCUT2D eigenvalue weighted by atomic mass is 16.5. The van der Waals surface area contributed by atoms with Gasteiger partial charge in [-0.25, -0.2) is 4.68 Å². The highest BCUT2D eigenvalue weighted by Gasteiger charge is 2.36. The largest absolute Gasteiger partial charge is 0.489 e. The molecule has 1 saturated carbocycles. The third kappa shape index (κ3) is 5.56. The van der Waals surface area contributed by atoms with Gasteiger partial charge in [0.2, 0.25) is 5.91 Å². The Labute approximate surface area is 230 Å². The molecule has 1 amide bonds. The first-order chi connectivity index (χ1) is 18.5. The molecule has 4 aromatic rings. The number of primary amides is 1. The molecule has 1 aromatic carbocycles. The summed E-state index contributed by atoms with van der Waals surface area (Å²) in [5, 5.41) is 13.5. The molecule has 8 nitrogen and oxygen atoms in total. The van der Waals surface area contributed by atoms with Crippen LogP contribution >= 0.6 is 0 Å². The zero-order valence-corrected chi connectivity index (χ0v) is 23.9. The van der Waals surface area contributed by atoms with Crippen molar-refractivity contribution in [3.63, 3.8) is 0 Å². The van der Waals surface area contributed by atoms with Gasteiger partial charge >= 0.3 is 0 Å². The van der Waals surface area contributed by atoms with Gasteiger partial charge in [0.05, 0.1) is 35.3 Å². The Morgan fingerprint density at radius 2 is 1.72 bits per heavy atom. The van der Waals surface area contributed by atoms with E-state index in [2.05, 4.69) is 82.1 Å². The maximum absolute atomic E-state index is 13.0. The molecule has 1 atom stereocenters. The van der Waals surface area contributed by atoms with Crippen molar-refractivity contribution in [1.82, 2.24) is 24.4 Å². The van der Waals surface area contributed by atoms with Gasteiger partial charge in [-0.2, -0.15) is 5.10 Å². The molecule has 3 aromatic heterocycles. The normalized spacial score (nSPS) is 18.9. The molecule has 1 unspecified atom stereocenters. The lowest BCUT2D eigenvalue weighted by Crippen LogP contribution is -2.34. The lowest BCUT2D eigenvalue weighted by atomic mass is 9.76. The van der Waals surface area contributed by atoms with E-state index in [1.54, 1.807) is 0 Å². The minimum atomic E-state index is -0.419. The average molecular weight is 529 g/mol. The van der Waals surface area contributed by atoms with Crippen molar-refractivity contribution in [1.29, 1.82) is 0 Å². The molecule has 0 saturated heterocycles. The lowest BCUT2D eigenvalue weighted by Gasteiger charge is -2.33. The standard InChI is InChI=1S/C31H40N6O2/c1-19(2)30-34-33-27-16-15-24(18-36(27)30)39-23-13-9-21(10-14-23)28(29(32)38)25-17-26(31(4,5)6)35-37(25)22-11-7-20(3)8-12-22/h7-8,11-12,15-19,21,23,28H,9-10,13-14H2,1-6H3,(H2,32,38). The highest BCUT2D eigenvalue weighted by molar-refractivity contribution is 5.82. The molecule has 1 fully saturated rings. The third-order valence-corrected chi connectivity index (χ3v) is 7.82. The zero-order valence-electron chi connectivity index (χ0n) is 23.9. The molecule has 0 bridgehead atoms. The zero-order chi connectivity index (χ0) is 27.9. The van der Waals surface area contributed by atoms with Gasteiger partial charge in [0.15, 0.2) is 5.65 Å². The summed E-state index contributed by atoms with van der Waals surface area (Å²) < 4.78 is 10.3. The minimum Gasteiger partial charge on any atom is -0.489 e. The second-order valence-electron chi connectivity index (χ2n) is 12.3. The molecule has 0 radical (unpaired) electrons. The van der Waals surface area contributed by atoms with Crippen molar-refractivity contribution < 1.29 is 9.53 Å². The minimum absolute atomic E-state index is 0.0818. The van der Waals surface area contributed by atoms with Gasteiger partial charge in [-0.1, -0.05) is 52.3 Å². The number of rotatable bonds is 7. The van der Waals surface area contributed by atoms with E-state index in [9.17, 15) is 4.79 Å². The molecule has 2 N–H and O–H groups in total. The number of carbonyl (C=O) groups excluding carboxylic acids is 1. The van der Waals surface area contributed by atoms with Crippen LogP contribution in [0.2, 0.25) is 0 Å². The van der Waals surface area contributed by atoms with E-state index in [1.807, 2.05) is 27.4 Å². The van der Waals surface area contributed by atoms with E-state index in [0.717, 1.165) is 60.0 Å². The molecule has 206 valence electrons. The molecule has 8 heteroatoms. The number of carbonyl (C=O) groups is 1. The van der Waals surface area contributed by atoms with E-state index in [4.69, 9.17) is 15.6 Å². The van der Waals surface area contributed by atoms with Crippen LogP contribution in [-0.4, -0.2) is 36.4 Å². The number of fused-ring (bicyclic) bond motifs is 1. The topological polar surface area (TPSA) is 100 Å². The van der Waals surface area contributed by atoms with Crippen LogP contribution in [0, 0.1) is 12.8 Å². The Hall–Kier alpha value is -3.68. The van der Waals surface area contributed by atoms with Crippen LogP contribution in [0.15, 0.2) is 48.7 Å². The van der Waals surface area contributed by atoms with Crippen molar-refractivity contribution >= 4 is 11.6 Å². The molecule has 5 rings (SSSR count). The number of benzene rings is 1. The maximum atomic E-state index is 13.0. The van der Waals surface area contributed by atoms with Gasteiger partial charge in [-0.3, -0.25) is 9.20 Å². The van der Waals surface area contributed by atoms with Crippen molar-refractivity contribution in [2.45, 2.75) is 90.6 Å². The SMILES string of the molecule is Cc1ccc(-n2nc(C(C)(C)C)cc2C(C(N)=O)C2CCC(Oc3ccc4nnc(C(C)C)n4c3)CC2)cc1. The van der Waals surface area contributed by atoms with Crippen LogP contribution in [0.5, 0.6) is 5.75 Å².